The number of nitrogens with zero attached hydrogens (tertiary/aromatic N) is 4. The zero-order valence-electron chi connectivity index (χ0n) is 18.8. The summed E-state index contributed by atoms with van der Waals surface area (Å²) in [7, 11) is -3.68. The number of hydrogen-bond acceptors (Lipinski definition) is 8. The molecule has 3 aromatic heterocycles. The molecule has 1 aliphatic heterocycles. The van der Waals surface area contributed by atoms with E-state index >= 15 is 0 Å². The quantitative estimate of drug-likeness (QED) is 0.544. The maximum absolute atomic E-state index is 12.8. The van der Waals surface area contributed by atoms with Crippen LogP contribution < -0.4 is 9.46 Å². The summed E-state index contributed by atoms with van der Waals surface area (Å²) in [5.41, 5.74) is 4.37. The Bertz CT molecular complexity index is 1390. The second kappa shape index (κ2) is 8.66. The summed E-state index contributed by atoms with van der Waals surface area (Å²) in [6.45, 7) is 4.10. The van der Waals surface area contributed by atoms with E-state index in [0.717, 1.165) is 24.1 Å². The molecule has 0 amide bonds. The van der Waals surface area contributed by atoms with Gasteiger partial charge in [0.2, 0.25) is 15.9 Å². The van der Waals surface area contributed by atoms with Crippen LogP contribution in [0.5, 0.6) is 11.6 Å². The molecule has 0 radical (unpaired) electrons. The Kier molecular flexibility index (Phi) is 5.67. The first-order chi connectivity index (χ1) is 16.3. The van der Waals surface area contributed by atoms with Crippen LogP contribution in [0, 0.1) is 25.2 Å². The molecular weight excluding hydrogens is 454 g/mol. The Morgan fingerprint density at radius 2 is 1.94 bits per heavy atom. The van der Waals surface area contributed by atoms with Crippen molar-refractivity contribution in [3.63, 3.8) is 0 Å². The SMILES string of the molecule is Cc1cc(C2CC2)nc(C)c1Oc1nc(-c2cncc(C#N)c2)ccc1NS(=O)(=O)C1COC1. The van der Waals surface area contributed by atoms with Gasteiger partial charge in [0.25, 0.3) is 0 Å². The zero-order valence-corrected chi connectivity index (χ0v) is 19.6. The molecule has 1 N–H and O–H groups in total. The number of sulfonamides is 1. The molecule has 0 atom stereocenters. The smallest absolute Gasteiger partial charge is 0.244 e. The van der Waals surface area contributed by atoms with Crippen LogP contribution in [0.1, 0.15) is 41.3 Å². The minimum Gasteiger partial charge on any atom is -0.435 e. The lowest BCUT2D eigenvalue weighted by Gasteiger charge is -2.26. The van der Waals surface area contributed by atoms with Gasteiger partial charge in [-0.15, -0.1) is 0 Å². The Labute approximate surface area is 197 Å². The Morgan fingerprint density at radius 1 is 1.15 bits per heavy atom. The monoisotopic (exact) mass is 477 g/mol. The molecule has 10 heteroatoms. The van der Waals surface area contributed by atoms with E-state index in [-0.39, 0.29) is 24.8 Å². The van der Waals surface area contributed by atoms with Crippen molar-refractivity contribution in [1.29, 1.82) is 5.26 Å². The molecule has 0 bridgehead atoms. The van der Waals surface area contributed by atoms with Crippen molar-refractivity contribution in [3.8, 4) is 29.0 Å². The fraction of sp³-hybridized carbons (Fsp3) is 0.333. The van der Waals surface area contributed by atoms with Crippen molar-refractivity contribution in [3.05, 3.63) is 59.2 Å². The number of aromatic nitrogens is 3. The number of nitrogens with one attached hydrogen (secondary N) is 1. The number of anilines is 1. The highest BCUT2D eigenvalue weighted by molar-refractivity contribution is 7.93. The van der Waals surface area contributed by atoms with Gasteiger partial charge in [-0.25, -0.2) is 13.4 Å². The van der Waals surface area contributed by atoms with Crippen molar-refractivity contribution in [2.45, 2.75) is 37.9 Å². The minimum absolute atomic E-state index is 0.0934. The standard InChI is InChI=1S/C24H23N5O4S/c1-14-7-22(17-3-4-17)27-15(2)23(14)33-24-21(29-34(30,31)19-12-32-13-19)6-5-20(28-24)18-8-16(9-25)10-26-11-18/h5-8,10-11,17,19,29H,3-4,12-13H2,1-2H3. The summed E-state index contributed by atoms with van der Waals surface area (Å²) in [6, 6.07) is 9.00. The van der Waals surface area contributed by atoms with Crippen molar-refractivity contribution < 1.29 is 17.9 Å². The molecule has 0 spiro atoms. The van der Waals surface area contributed by atoms with Crippen molar-refractivity contribution in [2.75, 3.05) is 17.9 Å². The molecule has 5 rings (SSSR count). The second-order valence-electron chi connectivity index (χ2n) is 8.58. The largest absolute Gasteiger partial charge is 0.435 e. The van der Waals surface area contributed by atoms with Gasteiger partial charge in [-0.1, -0.05) is 0 Å². The molecule has 4 heterocycles. The van der Waals surface area contributed by atoms with E-state index in [2.05, 4.69) is 20.8 Å². The molecule has 0 unspecified atom stereocenters. The van der Waals surface area contributed by atoms with E-state index in [9.17, 15) is 13.7 Å². The lowest BCUT2D eigenvalue weighted by Crippen LogP contribution is -2.43. The number of ether oxygens (including phenoxy) is 2. The van der Waals surface area contributed by atoms with Gasteiger partial charge in [0, 0.05) is 29.6 Å². The number of hydrogen-bond donors (Lipinski definition) is 1. The van der Waals surface area contributed by atoms with E-state index in [1.54, 1.807) is 24.4 Å². The predicted molar refractivity (Wildman–Crippen MR) is 125 cm³/mol. The average Bonchev–Trinajstić information content (AvgIpc) is 3.61. The summed E-state index contributed by atoms with van der Waals surface area (Å²) in [5.74, 6) is 1.13. The highest BCUT2D eigenvalue weighted by atomic mass is 32.2. The van der Waals surface area contributed by atoms with Gasteiger partial charge in [0.05, 0.1) is 30.2 Å². The number of aryl methyl sites for hydroxylation is 2. The molecular formula is C24H23N5O4S. The summed E-state index contributed by atoms with van der Waals surface area (Å²) >= 11 is 0. The molecule has 9 nitrogen and oxygen atoms in total. The van der Waals surface area contributed by atoms with E-state index in [4.69, 9.17) is 14.5 Å². The second-order valence-corrected chi connectivity index (χ2v) is 10.5. The third-order valence-corrected chi connectivity index (χ3v) is 7.52. The summed E-state index contributed by atoms with van der Waals surface area (Å²) in [4.78, 5) is 13.4. The first-order valence-corrected chi connectivity index (χ1v) is 12.5. The fourth-order valence-corrected chi connectivity index (χ4v) is 4.90. The fourth-order valence-electron chi connectivity index (χ4n) is 3.72. The maximum Gasteiger partial charge on any atom is 0.244 e. The van der Waals surface area contributed by atoms with Crippen LogP contribution in [0.4, 0.5) is 5.69 Å². The number of nitriles is 1. The summed E-state index contributed by atoms with van der Waals surface area (Å²) in [6.07, 6.45) is 5.33. The van der Waals surface area contributed by atoms with E-state index < -0.39 is 15.3 Å². The Morgan fingerprint density at radius 3 is 2.59 bits per heavy atom. The highest BCUT2D eigenvalue weighted by Crippen LogP contribution is 2.42. The number of pyridine rings is 3. The van der Waals surface area contributed by atoms with E-state index in [0.29, 0.717) is 34.2 Å². The minimum atomic E-state index is -3.68. The lowest BCUT2D eigenvalue weighted by atomic mass is 10.1. The Balaban J connectivity index is 1.55. The van der Waals surface area contributed by atoms with Crippen LogP contribution in [0.2, 0.25) is 0 Å². The van der Waals surface area contributed by atoms with Crippen molar-refractivity contribution in [1.82, 2.24) is 15.0 Å². The zero-order chi connectivity index (χ0) is 23.9. The topological polar surface area (TPSA) is 127 Å². The van der Waals surface area contributed by atoms with Gasteiger partial charge in [-0.05, 0) is 56.5 Å². The van der Waals surface area contributed by atoms with Crippen LogP contribution in [-0.2, 0) is 14.8 Å². The third kappa shape index (κ3) is 4.44. The molecule has 2 aliphatic rings. The van der Waals surface area contributed by atoms with Crippen LogP contribution in [0.15, 0.2) is 36.7 Å². The van der Waals surface area contributed by atoms with Gasteiger partial charge in [0.15, 0.2) is 5.75 Å². The number of rotatable bonds is 7. The third-order valence-electron chi connectivity index (χ3n) is 5.86. The molecule has 1 saturated carbocycles. The first-order valence-electron chi connectivity index (χ1n) is 11.0. The van der Waals surface area contributed by atoms with Crippen LogP contribution in [-0.4, -0.2) is 41.8 Å². The maximum atomic E-state index is 12.8. The molecule has 2 fully saturated rings. The summed E-state index contributed by atoms with van der Waals surface area (Å²) in [5, 5.41) is 8.58. The van der Waals surface area contributed by atoms with Gasteiger partial charge < -0.3 is 9.47 Å². The van der Waals surface area contributed by atoms with Crippen LogP contribution in [0.3, 0.4) is 0 Å². The molecule has 1 saturated heterocycles. The molecule has 3 aromatic rings. The molecule has 174 valence electrons. The van der Waals surface area contributed by atoms with Crippen LogP contribution in [0.25, 0.3) is 11.3 Å². The molecule has 0 aromatic carbocycles. The lowest BCUT2D eigenvalue weighted by molar-refractivity contribution is 0.0418. The van der Waals surface area contributed by atoms with E-state index in [1.807, 2.05) is 19.9 Å². The Hall–Kier alpha value is -3.55. The summed E-state index contributed by atoms with van der Waals surface area (Å²) < 4.78 is 39.4. The van der Waals surface area contributed by atoms with E-state index in [1.165, 1.54) is 6.20 Å². The van der Waals surface area contributed by atoms with Crippen LogP contribution >= 0.6 is 0 Å². The molecule has 34 heavy (non-hydrogen) atoms. The van der Waals surface area contributed by atoms with Gasteiger partial charge in [-0.3, -0.25) is 14.7 Å². The normalized spacial score (nSPS) is 15.9. The van der Waals surface area contributed by atoms with Crippen molar-refractivity contribution >= 4 is 15.7 Å². The van der Waals surface area contributed by atoms with Crippen molar-refractivity contribution in [2.24, 2.45) is 0 Å². The molecule has 1 aliphatic carbocycles. The van der Waals surface area contributed by atoms with Gasteiger partial charge >= 0.3 is 0 Å². The van der Waals surface area contributed by atoms with Gasteiger partial charge in [0.1, 0.15) is 17.0 Å². The van der Waals surface area contributed by atoms with Gasteiger partial charge in [-0.2, -0.15) is 5.26 Å². The highest BCUT2D eigenvalue weighted by Gasteiger charge is 2.33. The average molecular weight is 478 g/mol. The first kappa shape index (κ1) is 22.3. The predicted octanol–water partition coefficient (Wildman–Crippen LogP) is 3.84.